The van der Waals surface area contributed by atoms with Crippen molar-refractivity contribution in [2.45, 2.75) is 0 Å². The highest BCUT2D eigenvalue weighted by Crippen LogP contribution is 2.43. The Morgan fingerprint density at radius 3 is 1.76 bits per heavy atom. The highest BCUT2D eigenvalue weighted by atomic mass is 16.3. The summed E-state index contributed by atoms with van der Waals surface area (Å²) in [7, 11) is 0. The average Bonchev–Trinajstić information content (AvgIpc) is 3.60. The molecule has 0 aliphatic heterocycles. The van der Waals surface area contributed by atoms with Crippen LogP contribution in [0.1, 0.15) is 0 Å². The van der Waals surface area contributed by atoms with Crippen LogP contribution in [0.2, 0.25) is 0 Å². The minimum absolute atomic E-state index is 0.669. The van der Waals surface area contributed by atoms with E-state index < -0.39 is 0 Å². The van der Waals surface area contributed by atoms with Crippen molar-refractivity contribution in [1.29, 1.82) is 0 Å². The van der Waals surface area contributed by atoms with Crippen LogP contribution in [0.25, 0.3) is 99.9 Å². The lowest BCUT2D eigenvalue weighted by Gasteiger charge is -2.12. The molecule has 51 heavy (non-hydrogen) atoms. The Hall–Kier alpha value is -6.91. The van der Waals surface area contributed by atoms with Crippen molar-refractivity contribution in [2.75, 3.05) is 0 Å². The number of fused-ring (bicyclic) bond motifs is 6. The molecule has 0 aliphatic rings. The molecule has 3 aromatic heterocycles. The fraction of sp³-hybridized carbons (Fsp3) is 0. The third kappa shape index (κ3) is 5.04. The van der Waals surface area contributed by atoms with Crippen LogP contribution in [0.3, 0.4) is 0 Å². The number of aromatic nitrogens is 3. The highest BCUT2D eigenvalue weighted by molar-refractivity contribution is 6.24. The van der Waals surface area contributed by atoms with Gasteiger partial charge in [0.1, 0.15) is 11.3 Å². The van der Waals surface area contributed by atoms with Gasteiger partial charge in [0.05, 0.1) is 16.9 Å². The first-order valence-corrected chi connectivity index (χ1v) is 17.1. The Morgan fingerprint density at radius 1 is 0.392 bits per heavy atom. The monoisotopic (exact) mass is 651 g/mol. The largest absolute Gasteiger partial charge is 0.454 e. The summed E-state index contributed by atoms with van der Waals surface area (Å²) >= 11 is 0. The Bertz CT molecular complexity index is 2840. The lowest BCUT2D eigenvalue weighted by atomic mass is 9.94. The Kier molecular flexibility index (Phi) is 6.78. The summed E-state index contributed by atoms with van der Waals surface area (Å²) in [4.78, 5) is 15.4. The average molecular weight is 652 g/mol. The van der Waals surface area contributed by atoms with Gasteiger partial charge in [-0.15, -0.1) is 0 Å². The number of rotatable bonds is 5. The second-order valence-corrected chi connectivity index (χ2v) is 12.8. The molecule has 238 valence electrons. The smallest absolute Gasteiger partial charge is 0.162 e. The normalized spacial score (nSPS) is 11.5. The van der Waals surface area contributed by atoms with Gasteiger partial charge in [0.15, 0.2) is 11.4 Å². The molecule has 0 fully saturated rings. The zero-order valence-electron chi connectivity index (χ0n) is 27.5. The van der Waals surface area contributed by atoms with Gasteiger partial charge < -0.3 is 4.42 Å². The van der Waals surface area contributed by atoms with E-state index in [1.165, 1.54) is 10.8 Å². The molecule has 10 aromatic rings. The van der Waals surface area contributed by atoms with Gasteiger partial charge in [-0.1, -0.05) is 152 Å². The third-order valence-electron chi connectivity index (χ3n) is 9.68. The molecule has 0 saturated heterocycles. The van der Waals surface area contributed by atoms with Crippen molar-refractivity contribution in [3.8, 4) is 56.3 Å². The fourth-order valence-corrected chi connectivity index (χ4v) is 7.19. The van der Waals surface area contributed by atoms with Gasteiger partial charge in [-0.2, -0.15) is 0 Å². The number of nitrogens with zero attached hydrogens (tertiary/aromatic N) is 3. The number of benzene rings is 7. The summed E-state index contributed by atoms with van der Waals surface area (Å²) in [6.07, 6.45) is 0. The lowest BCUT2D eigenvalue weighted by Crippen LogP contribution is -1.96. The van der Waals surface area contributed by atoms with Crippen LogP contribution >= 0.6 is 0 Å². The van der Waals surface area contributed by atoms with Gasteiger partial charge in [-0.3, -0.25) is 0 Å². The molecular weight excluding hydrogens is 623 g/mol. The van der Waals surface area contributed by atoms with Crippen molar-refractivity contribution in [1.82, 2.24) is 15.0 Å². The minimum Gasteiger partial charge on any atom is -0.454 e. The summed E-state index contributed by atoms with van der Waals surface area (Å²) in [5, 5.41) is 5.67. The van der Waals surface area contributed by atoms with E-state index in [-0.39, 0.29) is 0 Å². The first-order chi connectivity index (χ1) is 25.3. The molecule has 7 aromatic carbocycles. The standard InChI is InChI=1S/C47H29N3O/c1-3-13-31(14-4-1)40-29-41(32-15-5-2-6-16-32)50-47(49-40)34-25-23-33(24-26-34)45-46-44(38-18-9-10-21-42(38)51-46)43-37(19-11-20-39(43)48-45)36-27-22-30-12-7-8-17-35(30)28-36/h1-29H. The van der Waals surface area contributed by atoms with Gasteiger partial charge >= 0.3 is 0 Å². The fourth-order valence-electron chi connectivity index (χ4n) is 7.19. The first-order valence-electron chi connectivity index (χ1n) is 17.1. The SMILES string of the molecule is c1ccc(-c2cc(-c3ccccc3)nc(-c3ccc(-c4nc5cccc(-c6ccc7ccccc7c6)c5c5c4oc4ccccc45)cc3)n2)cc1. The number of furan rings is 1. The van der Waals surface area contributed by atoms with E-state index in [9.17, 15) is 0 Å². The predicted molar refractivity (Wildman–Crippen MR) is 209 cm³/mol. The van der Waals surface area contributed by atoms with Gasteiger partial charge in [-0.25, -0.2) is 15.0 Å². The summed E-state index contributed by atoms with van der Waals surface area (Å²) in [5.41, 5.74) is 11.4. The molecule has 0 aliphatic carbocycles. The molecule has 0 unspecified atom stereocenters. The van der Waals surface area contributed by atoms with Gasteiger partial charge in [-0.05, 0) is 46.2 Å². The molecule has 3 heterocycles. The van der Waals surface area contributed by atoms with E-state index in [4.69, 9.17) is 19.4 Å². The van der Waals surface area contributed by atoms with Crippen molar-refractivity contribution < 1.29 is 4.42 Å². The van der Waals surface area contributed by atoms with Gasteiger partial charge in [0.2, 0.25) is 0 Å². The van der Waals surface area contributed by atoms with Crippen LogP contribution in [0, 0.1) is 0 Å². The van der Waals surface area contributed by atoms with E-state index in [1.807, 2.05) is 48.5 Å². The molecule has 0 amide bonds. The molecule has 0 spiro atoms. The van der Waals surface area contributed by atoms with Crippen LogP contribution in [0.15, 0.2) is 180 Å². The maximum Gasteiger partial charge on any atom is 0.162 e. The molecule has 0 N–H and O–H groups in total. The topological polar surface area (TPSA) is 51.8 Å². The van der Waals surface area contributed by atoms with Crippen LogP contribution in [0.5, 0.6) is 0 Å². The summed E-state index contributed by atoms with van der Waals surface area (Å²) < 4.78 is 6.66. The maximum absolute atomic E-state index is 6.66. The Labute approximate surface area is 294 Å². The molecule has 0 saturated carbocycles. The highest BCUT2D eigenvalue weighted by Gasteiger charge is 2.20. The summed E-state index contributed by atoms with van der Waals surface area (Å²) in [6, 6.07) is 60.8. The Balaban J connectivity index is 1.14. The van der Waals surface area contributed by atoms with Crippen LogP contribution in [-0.2, 0) is 0 Å². The Morgan fingerprint density at radius 2 is 1.02 bits per heavy atom. The molecular formula is C47H29N3O. The molecule has 4 heteroatoms. The number of para-hydroxylation sites is 1. The molecule has 10 rings (SSSR count). The van der Waals surface area contributed by atoms with Crippen molar-refractivity contribution in [2.24, 2.45) is 0 Å². The molecule has 0 bridgehead atoms. The zero-order valence-corrected chi connectivity index (χ0v) is 27.5. The van der Waals surface area contributed by atoms with Gasteiger partial charge in [0.25, 0.3) is 0 Å². The molecule has 0 atom stereocenters. The number of pyridine rings is 1. The maximum atomic E-state index is 6.66. The van der Waals surface area contributed by atoms with E-state index in [0.29, 0.717) is 5.82 Å². The number of hydrogen-bond acceptors (Lipinski definition) is 4. The van der Waals surface area contributed by atoms with Crippen molar-refractivity contribution >= 4 is 43.6 Å². The molecule has 4 nitrogen and oxygen atoms in total. The summed E-state index contributed by atoms with van der Waals surface area (Å²) in [5.74, 6) is 0.669. The van der Waals surface area contributed by atoms with Crippen molar-refractivity contribution in [3.63, 3.8) is 0 Å². The second-order valence-electron chi connectivity index (χ2n) is 12.8. The quantitative estimate of drug-likeness (QED) is 0.186. The van der Waals surface area contributed by atoms with E-state index in [2.05, 4.69) is 127 Å². The lowest BCUT2D eigenvalue weighted by molar-refractivity contribution is 0.669. The molecule has 0 radical (unpaired) electrons. The minimum atomic E-state index is 0.669. The van der Waals surface area contributed by atoms with E-state index in [0.717, 1.165) is 83.3 Å². The van der Waals surface area contributed by atoms with Crippen LogP contribution < -0.4 is 0 Å². The number of hydrogen-bond donors (Lipinski definition) is 0. The van der Waals surface area contributed by atoms with Gasteiger partial charge in [0, 0.05) is 38.4 Å². The second kappa shape index (κ2) is 11.9. The van der Waals surface area contributed by atoms with E-state index in [1.54, 1.807) is 0 Å². The first kappa shape index (κ1) is 29.0. The van der Waals surface area contributed by atoms with E-state index >= 15 is 0 Å². The third-order valence-corrected chi connectivity index (χ3v) is 9.68. The predicted octanol–water partition coefficient (Wildman–Crippen LogP) is 12.4. The van der Waals surface area contributed by atoms with Crippen molar-refractivity contribution in [3.05, 3.63) is 176 Å². The zero-order chi connectivity index (χ0) is 33.7. The van der Waals surface area contributed by atoms with Crippen LogP contribution in [-0.4, -0.2) is 15.0 Å². The summed E-state index contributed by atoms with van der Waals surface area (Å²) in [6.45, 7) is 0. The van der Waals surface area contributed by atoms with Crippen LogP contribution in [0.4, 0.5) is 0 Å².